The van der Waals surface area contributed by atoms with Crippen molar-refractivity contribution in [3.8, 4) is 0 Å². The van der Waals surface area contributed by atoms with Crippen molar-refractivity contribution >= 4 is 29.3 Å². The molecule has 3 N–H and O–H groups in total. The van der Waals surface area contributed by atoms with Gasteiger partial charge in [-0.05, 0) is 43.1 Å². The van der Waals surface area contributed by atoms with Crippen molar-refractivity contribution in [2.24, 2.45) is 5.73 Å². The second kappa shape index (κ2) is 7.16. The molecule has 0 saturated heterocycles. The Morgan fingerprint density at radius 1 is 1.42 bits per heavy atom. The Morgan fingerprint density at radius 2 is 2.21 bits per heavy atom. The molecule has 0 amide bonds. The van der Waals surface area contributed by atoms with Crippen LogP contribution in [-0.2, 0) is 22.4 Å². The highest BCUT2D eigenvalue weighted by molar-refractivity contribution is 5.85. The topological polar surface area (TPSA) is 68.1 Å². The van der Waals surface area contributed by atoms with Crippen molar-refractivity contribution in [3.05, 3.63) is 35.5 Å². The van der Waals surface area contributed by atoms with Gasteiger partial charge in [0.1, 0.15) is 0 Å². The first-order valence-electron chi connectivity index (χ1n) is 6.19. The number of H-pyrrole nitrogens is 1. The highest BCUT2D eigenvalue weighted by atomic mass is 35.5. The maximum absolute atomic E-state index is 11.4. The molecule has 19 heavy (non-hydrogen) atoms. The summed E-state index contributed by atoms with van der Waals surface area (Å²) in [6, 6.07) is 5.97. The molecular weight excluding hydrogens is 264 g/mol. The number of aromatic nitrogens is 1. The monoisotopic (exact) mass is 282 g/mol. The number of hydrogen-bond donors (Lipinski definition) is 2. The van der Waals surface area contributed by atoms with E-state index in [1.54, 1.807) is 0 Å². The highest BCUT2D eigenvalue weighted by Gasteiger charge is 2.07. The second-order valence-corrected chi connectivity index (χ2v) is 4.21. The fraction of sp³-hybridized carbons (Fsp3) is 0.357. The zero-order valence-corrected chi connectivity index (χ0v) is 11.8. The first kappa shape index (κ1) is 15.5. The van der Waals surface area contributed by atoms with Crippen LogP contribution in [0.15, 0.2) is 24.4 Å². The predicted octanol–water partition coefficient (Wildman–Crippen LogP) is 2.20. The molecule has 0 unspecified atom stereocenters. The summed E-state index contributed by atoms with van der Waals surface area (Å²) in [5.74, 6) is -0.187. The molecule has 2 aromatic rings. The number of nitrogens with one attached hydrogen (secondary N) is 1. The lowest BCUT2D eigenvalue weighted by Crippen LogP contribution is -2.07. The third-order valence-corrected chi connectivity index (χ3v) is 2.90. The summed E-state index contributed by atoms with van der Waals surface area (Å²) in [6.45, 7) is 2.85. The summed E-state index contributed by atoms with van der Waals surface area (Å²) in [5, 5.41) is 1.14. The van der Waals surface area contributed by atoms with Crippen molar-refractivity contribution in [3.63, 3.8) is 0 Å². The van der Waals surface area contributed by atoms with Crippen LogP contribution in [0, 0.1) is 0 Å². The van der Waals surface area contributed by atoms with Gasteiger partial charge in [-0.2, -0.15) is 0 Å². The molecule has 4 nitrogen and oxygen atoms in total. The Kier molecular flexibility index (Phi) is 5.86. The number of halogens is 1. The number of nitrogens with two attached hydrogens (primary N) is 1. The van der Waals surface area contributed by atoms with Gasteiger partial charge in [0.15, 0.2) is 0 Å². The summed E-state index contributed by atoms with van der Waals surface area (Å²) in [5.41, 5.74) is 8.82. The van der Waals surface area contributed by atoms with Gasteiger partial charge in [0, 0.05) is 17.1 Å². The standard InChI is InChI=1S/C14H18N2O2.ClH/c1-2-18-14(17)8-10-3-4-13-12(7-10)11(5-6-15)9-16-13;/h3-4,7,9,16H,2,5-6,8,15H2,1H3;1H. The lowest BCUT2D eigenvalue weighted by molar-refractivity contribution is -0.142. The van der Waals surface area contributed by atoms with E-state index in [0.29, 0.717) is 19.6 Å². The smallest absolute Gasteiger partial charge is 0.310 e. The van der Waals surface area contributed by atoms with E-state index in [9.17, 15) is 4.79 Å². The fourth-order valence-electron chi connectivity index (χ4n) is 2.08. The average molecular weight is 283 g/mol. The summed E-state index contributed by atoms with van der Waals surface area (Å²) < 4.78 is 4.95. The van der Waals surface area contributed by atoms with Crippen LogP contribution in [0.5, 0.6) is 0 Å². The first-order chi connectivity index (χ1) is 8.74. The summed E-state index contributed by atoms with van der Waals surface area (Å²) in [6.07, 6.45) is 3.13. The van der Waals surface area contributed by atoms with Crippen LogP contribution in [0.1, 0.15) is 18.1 Å². The maximum Gasteiger partial charge on any atom is 0.310 e. The van der Waals surface area contributed by atoms with Crippen LogP contribution in [0.4, 0.5) is 0 Å². The Bertz CT molecular complexity index is 551. The summed E-state index contributed by atoms with van der Waals surface area (Å²) >= 11 is 0. The van der Waals surface area contributed by atoms with Crippen LogP contribution in [0.2, 0.25) is 0 Å². The van der Waals surface area contributed by atoms with Gasteiger partial charge in [0.2, 0.25) is 0 Å². The number of fused-ring (bicyclic) bond motifs is 1. The van der Waals surface area contributed by atoms with E-state index < -0.39 is 0 Å². The molecule has 0 aliphatic heterocycles. The molecule has 0 radical (unpaired) electrons. The van der Waals surface area contributed by atoms with E-state index >= 15 is 0 Å². The predicted molar refractivity (Wildman–Crippen MR) is 78.6 cm³/mol. The molecule has 1 heterocycles. The van der Waals surface area contributed by atoms with Gasteiger partial charge in [-0.3, -0.25) is 4.79 Å². The number of hydrogen-bond acceptors (Lipinski definition) is 3. The van der Waals surface area contributed by atoms with Crippen LogP contribution in [0.25, 0.3) is 10.9 Å². The molecule has 0 aliphatic rings. The first-order valence-corrected chi connectivity index (χ1v) is 6.19. The number of esters is 1. The van der Waals surface area contributed by atoms with E-state index in [-0.39, 0.29) is 18.4 Å². The molecule has 0 atom stereocenters. The zero-order chi connectivity index (χ0) is 13.0. The van der Waals surface area contributed by atoms with E-state index in [0.717, 1.165) is 22.9 Å². The third-order valence-electron chi connectivity index (χ3n) is 2.90. The Labute approximate surface area is 118 Å². The number of benzene rings is 1. The normalized spacial score (nSPS) is 10.2. The molecule has 5 heteroatoms. The van der Waals surface area contributed by atoms with E-state index in [2.05, 4.69) is 4.98 Å². The van der Waals surface area contributed by atoms with Gasteiger partial charge >= 0.3 is 5.97 Å². The molecule has 0 bridgehead atoms. The van der Waals surface area contributed by atoms with Crippen LogP contribution in [-0.4, -0.2) is 24.1 Å². The second-order valence-electron chi connectivity index (χ2n) is 4.21. The molecule has 0 fully saturated rings. The molecule has 1 aromatic heterocycles. The minimum atomic E-state index is -0.187. The molecule has 104 valence electrons. The average Bonchev–Trinajstić information content (AvgIpc) is 2.73. The minimum absolute atomic E-state index is 0. The SMILES string of the molecule is CCOC(=O)Cc1ccc2[nH]cc(CCN)c2c1.Cl. The van der Waals surface area contributed by atoms with Crippen LogP contribution in [0.3, 0.4) is 0 Å². The van der Waals surface area contributed by atoms with Gasteiger partial charge in [-0.25, -0.2) is 0 Å². The van der Waals surface area contributed by atoms with Crippen molar-refractivity contribution in [1.82, 2.24) is 4.98 Å². The van der Waals surface area contributed by atoms with Gasteiger partial charge in [0.25, 0.3) is 0 Å². The maximum atomic E-state index is 11.4. The lowest BCUT2D eigenvalue weighted by atomic mass is 10.1. The van der Waals surface area contributed by atoms with Gasteiger partial charge in [-0.15, -0.1) is 12.4 Å². The molecule has 2 rings (SSSR count). The Balaban J connectivity index is 0.00000180. The fourth-order valence-corrected chi connectivity index (χ4v) is 2.08. The number of rotatable bonds is 5. The van der Waals surface area contributed by atoms with Crippen molar-refractivity contribution in [1.29, 1.82) is 0 Å². The third kappa shape index (κ3) is 3.72. The summed E-state index contributed by atoms with van der Waals surface area (Å²) in [7, 11) is 0. The molecular formula is C14H19ClN2O2. The van der Waals surface area contributed by atoms with Crippen LogP contribution >= 0.6 is 12.4 Å². The zero-order valence-electron chi connectivity index (χ0n) is 10.9. The van der Waals surface area contributed by atoms with E-state index in [4.69, 9.17) is 10.5 Å². The van der Waals surface area contributed by atoms with Crippen molar-refractivity contribution in [2.45, 2.75) is 19.8 Å². The molecule has 1 aromatic carbocycles. The van der Waals surface area contributed by atoms with Crippen LogP contribution < -0.4 is 5.73 Å². The van der Waals surface area contributed by atoms with Gasteiger partial charge < -0.3 is 15.5 Å². The van der Waals surface area contributed by atoms with Crippen molar-refractivity contribution < 1.29 is 9.53 Å². The van der Waals surface area contributed by atoms with Gasteiger partial charge in [-0.1, -0.05) is 6.07 Å². The lowest BCUT2D eigenvalue weighted by Gasteiger charge is -2.03. The quantitative estimate of drug-likeness (QED) is 0.826. The summed E-state index contributed by atoms with van der Waals surface area (Å²) in [4.78, 5) is 14.7. The van der Waals surface area contributed by atoms with Crippen molar-refractivity contribution in [2.75, 3.05) is 13.2 Å². The minimum Gasteiger partial charge on any atom is -0.466 e. The highest BCUT2D eigenvalue weighted by Crippen LogP contribution is 2.20. The molecule has 0 aliphatic carbocycles. The molecule has 0 saturated carbocycles. The Hall–Kier alpha value is -1.52. The number of aromatic amines is 1. The number of carbonyl (C=O) groups excluding carboxylic acids is 1. The molecule has 0 spiro atoms. The van der Waals surface area contributed by atoms with E-state index in [1.807, 2.05) is 31.3 Å². The van der Waals surface area contributed by atoms with E-state index in [1.165, 1.54) is 5.56 Å². The Morgan fingerprint density at radius 3 is 2.89 bits per heavy atom. The largest absolute Gasteiger partial charge is 0.466 e. The van der Waals surface area contributed by atoms with Gasteiger partial charge in [0.05, 0.1) is 13.0 Å². The number of carbonyl (C=O) groups is 1. The number of ether oxygens (including phenoxy) is 1.